The maximum Gasteiger partial charge on any atom is 0.331 e. The van der Waals surface area contributed by atoms with Crippen LogP contribution in [0.5, 0.6) is 0 Å². The van der Waals surface area contributed by atoms with Crippen molar-refractivity contribution in [3.05, 3.63) is 32.6 Å². The van der Waals surface area contributed by atoms with Crippen LogP contribution in [0.15, 0.2) is 15.8 Å². The zero-order valence-electron chi connectivity index (χ0n) is 11.6. The van der Waals surface area contributed by atoms with Gasteiger partial charge in [-0.2, -0.15) is 0 Å². The van der Waals surface area contributed by atoms with E-state index < -0.39 is 55.0 Å². The third kappa shape index (κ3) is 3.09. The average molecular weight is 316 g/mol. The van der Waals surface area contributed by atoms with Crippen LogP contribution in [-0.4, -0.2) is 62.4 Å². The van der Waals surface area contributed by atoms with Crippen molar-refractivity contribution in [1.29, 1.82) is 0 Å². The number of aromatic nitrogens is 2. The van der Waals surface area contributed by atoms with Crippen molar-refractivity contribution in [2.24, 2.45) is 0 Å². The van der Waals surface area contributed by atoms with Gasteiger partial charge in [-0.1, -0.05) is 0 Å². The number of hydrogen-bond acceptors (Lipinski definition) is 8. The van der Waals surface area contributed by atoms with Crippen molar-refractivity contribution in [2.45, 2.75) is 31.5 Å². The Labute approximate surface area is 123 Å². The first-order chi connectivity index (χ1) is 10.3. The van der Waals surface area contributed by atoms with Gasteiger partial charge in [-0.05, 0) is 6.92 Å². The molecular weight excluding hydrogens is 300 g/mol. The molecule has 22 heavy (non-hydrogen) atoms. The second kappa shape index (κ2) is 6.40. The first-order valence-electron chi connectivity index (χ1n) is 6.45. The number of aliphatic hydroxyl groups excluding tert-OH is 3. The van der Waals surface area contributed by atoms with Crippen LogP contribution < -0.4 is 11.2 Å². The number of aryl methyl sites for hydroxylation is 1. The average Bonchev–Trinajstić information content (AvgIpc) is 2.76. The number of aliphatic hydroxyl groups is 3. The molecule has 2 rings (SSSR count). The first kappa shape index (κ1) is 16.4. The molecule has 4 atom stereocenters. The Balaban J connectivity index is 2.20. The summed E-state index contributed by atoms with van der Waals surface area (Å²) in [6.07, 6.45) is -3.98. The Morgan fingerprint density at radius 2 is 2.09 bits per heavy atom. The van der Waals surface area contributed by atoms with Crippen molar-refractivity contribution in [2.75, 3.05) is 13.2 Å². The monoisotopic (exact) mass is 316 g/mol. The number of carbonyl (C=O) groups excluding carboxylic acids is 1. The Morgan fingerprint density at radius 3 is 2.73 bits per heavy atom. The Hall–Kier alpha value is -2.01. The number of carbonyl (C=O) groups is 1. The lowest BCUT2D eigenvalue weighted by atomic mass is 10.1. The predicted octanol–water partition coefficient (Wildman–Crippen LogP) is -3.00. The van der Waals surface area contributed by atoms with Gasteiger partial charge in [-0.25, -0.2) is 9.59 Å². The molecule has 10 heteroatoms. The highest BCUT2D eigenvalue weighted by Gasteiger charge is 2.44. The number of ether oxygens (including phenoxy) is 2. The normalized spacial score (nSPS) is 27.8. The third-order valence-corrected chi connectivity index (χ3v) is 3.29. The zero-order valence-corrected chi connectivity index (χ0v) is 11.6. The van der Waals surface area contributed by atoms with Gasteiger partial charge in [0.2, 0.25) is 0 Å². The molecule has 0 radical (unpaired) electrons. The summed E-state index contributed by atoms with van der Waals surface area (Å²) >= 11 is 0. The highest BCUT2D eigenvalue weighted by Crippen LogP contribution is 2.28. The molecule has 1 fully saturated rings. The fourth-order valence-corrected chi connectivity index (χ4v) is 2.09. The van der Waals surface area contributed by atoms with E-state index in [9.17, 15) is 24.6 Å². The predicted molar refractivity (Wildman–Crippen MR) is 70.0 cm³/mol. The number of H-pyrrole nitrogens is 1. The van der Waals surface area contributed by atoms with Crippen LogP contribution in [0.25, 0.3) is 0 Å². The van der Waals surface area contributed by atoms with E-state index in [1.165, 1.54) is 13.1 Å². The maximum absolute atomic E-state index is 11.8. The molecule has 10 nitrogen and oxygen atoms in total. The molecule has 1 aromatic rings. The Bertz CT molecular complexity index is 666. The lowest BCUT2D eigenvalue weighted by Gasteiger charge is -2.17. The molecule has 0 spiro atoms. The summed E-state index contributed by atoms with van der Waals surface area (Å²) in [4.78, 5) is 36.0. The number of nitrogens with one attached hydrogen (secondary N) is 1. The molecule has 122 valence electrons. The van der Waals surface area contributed by atoms with Gasteiger partial charge < -0.3 is 24.8 Å². The Morgan fingerprint density at radius 1 is 1.41 bits per heavy atom. The summed E-state index contributed by atoms with van der Waals surface area (Å²) in [5.41, 5.74) is -1.15. The largest absolute Gasteiger partial charge is 0.461 e. The number of rotatable bonds is 4. The number of esters is 1. The minimum Gasteiger partial charge on any atom is -0.461 e. The highest BCUT2D eigenvalue weighted by molar-refractivity contribution is 5.70. The quantitative estimate of drug-likeness (QED) is 0.429. The molecule has 1 aliphatic heterocycles. The van der Waals surface area contributed by atoms with Crippen molar-refractivity contribution in [1.82, 2.24) is 9.55 Å². The minimum absolute atomic E-state index is 0.222. The van der Waals surface area contributed by atoms with Crippen LogP contribution in [0.1, 0.15) is 11.8 Å². The van der Waals surface area contributed by atoms with Crippen LogP contribution in [0.4, 0.5) is 0 Å². The van der Waals surface area contributed by atoms with Gasteiger partial charge in [0.1, 0.15) is 31.5 Å². The van der Waals surface area contributed by atoms with Gasteiger partial charge in [-0.3, -0.25) is 14.3 Å². The van der Waals surface area contributed by atoms with Gasteiger partial charge in [0.05, 0.1) is 0 Å². The molecule has 2 heterocycles. The molecule has 1 aliphatic rings. The van der Waals surface area contributed by atoms with Gasteiger partial charge in [-0.15, -0.1) is 0 Å². The summed E-state index contributed by atoms with van der Waals surface area (Å²) in [7, 11) is 0. The van der Waals surface area contributed by atoms with Crippen LogP contribution in [-0.2, 0) is 14.3 Å². The second-order valence-electron chi connectivity index (χ2n) is 4.87. The summed E-state index contributed by atoms with van der Waals surface area (Å²) in [5, 5.41) is 28.4. The summed E-state index contributed by atoms with van der Waals surface area (Å²) in [6.45, 7) is 0.242. The zero-order chi connectivity index (χ0) is 16.4. The standard InChI is InChI=1S/C12H16N2O8/c1-5-2-14(12(20)13-10(5)19)11-9(18)8(17)6(22-11)4-21-7(16)3-15/h2,6,8-9,11,15,17-18H,3-4H2,1H3,(H,13,19,20)/t6-,8-,9-,11-/m1/s1. The van der Waals surface area contributed by atoms with Gasteiger partial charge in [0.25, 0.3) is 5.56 Å². The SMILES string of the molecule is Cc1cn([C@@H]2O[C@H](COC(=O)CO)[C@@H](O)[C@H]2O)c(=O)[nH]c1=O. The summed E-state index contributed by atoms with van der Waals surface area (Å²) < 4.78 is 10.9. The van der Waals surface area contributed by atoms with Gasteiger partial charge >= 0.3 is 11.7 Å². The van der Waals surface area contributed by atoms with E-state index in [0.29, 0.717) is 0 Å². The van der Waals surface area contributed by atoms with Crippen LogP contribution >= 0.6 is 0 Å². The van der Waals surface area contributed by atoms with Crippen LogP contribution in [0.3, 0.4) is 0 Å². The number of nitrogens with zero attached hydrogens (tertiary/aromatic N) is 1. The topological polar surface area (TPSA) is 151 Å². The highest BCUT2D eigenvalue weighted by atomic mass is 16.6. The lowest BCUT2D eigenvalue weighted by molar-refractivity contribution is -0.153. The minimum atomic E-state index is -1.46. The molecule has 0 unspecified atom stereocenters. The molecule has 0 saturated carbocycles. The smallest absolute Gasteiger partial charge is 0.331 e. The number of aromatic amines is 1. The maximum atomic E-state index is 11.8. The number of hydrogen-bond donors (Lipinski definition) is 4. The van der Waals surface area contributed by atoms with Gasteiger partial charge in [0, 0.05) is 11.8 Å². The third-order valence-electron chi connectivity index (χ3n) is 3.29. The van der Waals surface area contributed by atoms with Crippen molar-refractivity contribution < 1.29 is 29.6 Å². The van der Waals surface area contributed by atoms with Gasteiger partial charge in [0.15, 0.2) is 6.23 Å². The van der Waals surface area contributed by atoms with Crippen LogP contribution in [0, 0.1) is 6.92 Å². The first-order valence-corrected chi connectivity index (χ1v) is 6.45. The molecule has 1 aromatic heterocycles. The molecule has 0 aliphatic carbocycles. The molecule has 1 saturated heterocycles. The molecule has 0 aromatic carbocycles. The van der Waals surface area contributed by atoms with Crippen molar-refractivity contribution in [3.63, 3.8) is 0 Å². The van der Waals surface area contributed by atoms with E-state index in [1.54, 1.807) is 0 Å². The summed E-state index contributed by atoms with van der Waals surface area (Å²) in [6, 6.07) is 0. The fourth-order valence-electron chi connectivity index (χ4n) is 2.09. The molecular formula is C12H16N2O8. The van der Waals surface area contributed by atoms with E-state index in [0.717, 1.165) is 4.57 Å². The second-order valence-corrected chi connectivity index (χ2v) is 4.87. The summed E-state index contributed by atoms with van der Waals surface area (Å²) in [5.74, 6) is -0.911. The molecule has 0 amide bonds. The van der Waals surface area contributed by atoms with Crippen LogP contribution in [0.2, 0.25) is 0 Å². The van der Waals surface area contributed by atoms with Crippen molar-refractivity contribution >= 4 is 5.97 Å². The van der Waals surface area contributed by atoms with E-state index in [2.05, 4.69) is 9.72 Å². The van der Waals surface area contributed by atoms with E-state index in [1.807, 2.05) is 0 Å². The van der Waals surface area contributed by atoms with E-state index in [-0.39, 0.29) is 5.56 Å². The Kier molecular flexibility index (Phi) is 4.76. The fraction of sp³-hybridized carbons (Fsp3) is 0.583. The van der Waals surface area contributed by atoms with Crippen molar-refractivity contribution in [3.8, 4) is 0 Å². The molecule has 0 bridgehead atoms. The molecule has 4 N–H and O–H groups in total. The van der Waals surface area contributed by atoms with E-state index >= 15 is 0 Å². The lowest BCUT2D eigenvalue weighted by Crippen LogP contribution is -2.38. The van der Waals surface area contributed by atoms with E-state index in [4.69, 9.17) is 9.84 Å².